The van der Waals surface area contributed by atoms with Crippen LogP contribution in [-0.2, 0) is 4.74 Å². The quantitative estimate of drug-likeness (QED) is 0.760. The minimum Gasteiger partial charge on any atom is -0.389 e. The lowest BCUT2D eigenvalue weighted by molar-refractivity contribution is -0.190. The summed E-state index contributed by atoms with van der Waals surface area (Å²) in [5.74, 6) is 0.222. The molecule has 1 fully saturated rings. The Morgan fingerprint density at radius 1 is 1.14 bits per heavy atom. The number of ether oxygens (including phenoxy) is 1. The van der Waals surface area contributed by atoms with Crippen LogP contribution in [0.15, 0.2) is 0 Å². The third-order valence-corrected chi connectivity index (χ3v) is 4.64. The van der Waals surface area contributed by atoms with E-state index in [2.05, 4.69) is 32.6 Å². The first-order chi connectivity index (χ1) is 9.65. The van der Waals surface area contributed by atoms with E-state index < -0.39 is 12.2 Å². The molecule has 0 aliphatic carbocycles. The monoisotopic (exact) mass is 302 g/mol. The van der Waals surface area contributed by atoms with Gasteiger partial charge < -0.3 is 24.7 Å². The van der Waals surface area contributed by atoms with Crippen molar-refractivity contribution in [3.8, 4) is 0 Å². The van der Waals surface area contributed by atoms with Gasteiger partial charge in [0.2, 0.25) is 0 Å². The zero-order chi connectivity index (χ0) is 16.3. The second-order valence-electron chi connectivity index (χ2n) is 7.24. The Hall–Kier alpha value is -0.200. The molecule has 1 heterocycles. The fourth-order valence-corrected chi connectivity index (χ4v) is 2.87. The SMILES string of the molecule is CC(C)[C@@H]1OC(C(O)CN(C)C(C)C)CC(N(C)C)C1O. The molecular weight excluding hydrogens is 268 g/mol. The van der Waals surface area contributed by atoms with Crippen molar-refractivity contribution in [2.75, 3.05) is 27.7 Å². The van der Waals surface area contributed by atoms with Crippen LogP contribution < -0.4 is 0 Å². The molecule has 0 saturated carbocycles. The second kappa shape index (κ2) is 7.88. The van der Waals surface area contributed by atoms with Crippen molar-refractivity contribution < 1.29 is 14.9 Å². The van der Waals surface area contributed by atoms with Crippen molar-refractivity contribution >= 4 is 0 Å². The molecule has 0 aromatic heterocycles. The first-order valence-electron chi connectivity index (χ1n) is 8.03. The molecule has 0 spiro atoms. The highest BCUT2D eigenvalue weighted by Gasteiger charge is 2.42. The molecule has 5 nitrogen and oxygen atoms in total. The Bertz CT molecular complexity index is 292. The molecule has 0 aromatic rings. The summed E-state index contributed by atoms with van der Waals surface area (Å²) in [6.07, 6.45) is -0.839. The van der Waals surface area contributed by atoms with Crippen LogP contribution in [0, 0.1) is 5.92 Å². The molecule has 21 heavy (non-hydrogen) atoms. The van der Waals surface area contributed by atoms with E-state index in [1.807, 2.05) is 26.0 Å². The summed E-state index contributed by atoms with van der Waals surface area (Å²) in [5.41, 5.74) is 0. The van der Waals surface area contributed by atoms with Gasteiger partial charge in [-0.1, -0.05) is 13.8 Å². The zero-order valence-electron chi connectivity index (χ0n) is 14.7. The third-order valence-electron chi connectivity index (χ3n) is 4.64. The van der Waals surface area contributed by atoms with Crippen LogP contribution in [0.25, 0.3) is 0 Å². The van der Waals surface area contributed by atoms with Gasteiger partial charge in [-0.05, 0) is 47.3 Å². The Labute approximate surface area is 129 Å². The van der Waals surface area contributed by atoms with Crippen LogP contribution in [0.5, 0.6) is 0 Å². The fraction of sp³-hybridized carbons (Fsp3) is 1.00. The van der Waals surface area contributed by atoms with Crippen LogP contribution in [0.3, 0.4) is 0 Å². The van der Waals surface area contributed by atoms with Gasteiger partial charge in [0.05, 0.1) is 24.4 Å². The summed E-state index contributed by atoms with van der Waals surface area (Å²) in [4.78, 5) is 4.16. The summed E-state index contributed by atoms with van der Waals surface area (Å²) in [5, 5.41) is 21.0. The number of hydrogen-bond acceptors (Lipinski definition) is 5. The summed E-state index contributed by atoms with van der Waals surface area (Å²) in [6, 6.07) is 0.412. The van der Waals surface area contributed by atoms with E-state index in [9.17, 15) is 10.2 Å². The van der Waals surface area contributed by atoms with Gasteiger partial charge in [0.1, 0.15) is 0 Å². The van der Waals surface area contributed by atoms with Crippen molar-refractivity contribution in [1.82, 2.24) is 9.80 Å². The maximum Gasteiger partial charge on any atom is 0.0959 e. The maximum atomic E-state index is 10.5. The molecule has 0 amide bonds. The van der Waals surface area contributed by atoms with Crippen molar-refractivity contribution in [2.45, 2.75) is 70.6 Å². The highest BCUT2D eigenvalue weighted by molar-refractivity contribution is 4.93. The standard InChI is InChI=1S/C16H34N2O3/c1-10(2)16-15(20)12(17(5)6)8-14(21-16)13(19)9-18(7)11(3)4/h10-16,19-20H,8-9H2,1-7H3/t12?,13?,14?,15?,16-/m0/s1. The smallest absolute Gasteiger partial charge is 0.0959 e. The summed E-state index contributed by atoms with van der Waals surface area (Å²) in [7, 11) is 5.95. The number of likely N-dealkylation sites (N-methyl/N-ethyl adjacent to an activating group) is 2. The molecule has 0 aromatic carbocycles. The number of aliphatic hydroxyl groups is 2. The maximum absolute atomic E-state index is 10.5. The van der Waals surface area contributed by atoms with Gasteiger partial charge in [0, 0.05) is 18.6 Å². The van der Waals surface area contributed by atoms with E-state index in [-0.39, 0.29) is 24.2 Å². The van der Waals surface area contributed by atoms with Gasteiger partial charge in [-0.25, -0.2) is 0 Å². The van der Waals surface area contributed by atoms with Crippen LogP contribution in [-0.4, -0.2) is 84.2 Å². The summed E-state index contributed by atoms with van der Waals surface area (Å²) < 4.78 is 6.03. The number of hydrogen-bond donors (Lipinski definition) is 2. The molecule has 1 saturated heterocycles. The second-order valence-corrected chi connectivity index (χ2v) is 7.24. The topological polar surface area (TPSA) is 56.2 Å². The normalized spacial score (nSPS) is 32.4. The highest BCUT2D eigenvalue weighted by atomic mass is 16.5. The van der Waals surface area contributed by atoms with E-state index in [0.717, 1.165) is 0 Å². The van der Waals surface area contributed by atoms with E-state index in [0.29, 0.717) is 19.0 Å². The van der Waals surface area contributed by atoms with Crippen molar-refractivity contribution in [3.63, 3.8) is 0 Å². The molecule has 1 aliphatic heterocycles. The zero-order valence-corrected chi connectivity index (χ0v) is 14.7. The van der Waals surface area contributed by atoms with E-state index >= 15 is 0 Å². The van der Waals surface area contributed by atoms with Crippen LogP contribution in [0.2, 0.25) is 0 Å². The average Bonchev–Trinajstić information content (AvgIpc) is 2.37. The first-order valence-corrected chi connectivity index (χ1v) is 8.03. The molecule has 5 heteroatoms. The van der Waals surface area contributed by atoms with E-state index in [1.54, 1.807) is 0 Å². The number of aliphatic hydroxyl groups excluding tert-OH is 2. The molecule has 1 aliphatic rings. The van der Waals surface area contributed by atoms with E-state index in [4.69, 9.17) is 4.74 Å². The third kappa shape index (κ3) is 4.89. The predicted molar refractivity (Wildman–Crippen MR) is 85.4 cm³/mol. The Morgan fingerprint density at radius 2 is 1.71 bits per heavy atom. The molecule has 5 atom stereocenters. The molecule has 4 unspecified atom stereocenters. The number of nitrogens with zero attached hydrogens (tertiary/aromatic N) is 2. The van der Waals surface area contributed by atoms with Gasteiger partial charge in [0.15, 0.2) is 0 Å². The average molecular weight is 302 g/mol. The first kappa shape index (κ1) is 18.8. The Morgan fingerprint density at radius 3 is 2.14 bits per heavy atom. The van der Waals surface area contributed by atoms with Gasteiger partial charge >= 0.3 is 0 Å². The summed E-state index contributed by atoms with van der Waals surface area (Å²) >= 11 is 0. The highest BCUT2D eigenvalue weighted by Crippen LogP contribution is 2.29. The van der Waals surface area contributed by atoms with Gasteiger partial charge in [-0.2, -0.15) is 0 Å². The van der Waals surface area contributed by atoms with Gasteiger partial charge in [-0.15, -0.1) is 0 Å². The van der Waals surface area contributed by atoms with Crippen LogP contribution >= 0.6 is 0 Å². The molecule has 0 radical (unpaired) electrons. The molecule has 0 bridgehead atoms. The lowest BCUT2D eigenvalue weighted by Gasteiger charge is -2.45. The van der Waals surface area contributed by atoms with Crippen molar-refractivity contribution in [1.29, 1.82) is 0 Å². The Kier molecular flexibility index (Phi) is 7.07. The molecule has 1 rings (SSSR count). The fourth-order valence-electron chi connectivity index (χ4n) is 2.87. The van der Waals surface area contributed by atoms with Crippen molar-refractivity contribution in [2.24, 2.45) is 5.92 Å². The Balaban J connectivity index is 2.77. The minimum absolute atomic E-state index is 0.0233. The molecular formula is C16H34N2O3. The molecule has 126 valence electrons. The van der Waals surface area contributed by atoms with E-state index in [1.165, 1.54) is 0 Å². The predicted octanol–water partition coefficient (Wildman–Crippen LogP) is 0.792. The summed E-state index contributed by atoms with van der Waals surface area (Å²) in [6.45, 7) is 8.91. The largest absolute Gasteiger partial charge is 0.389 e. The van der Waals surface area contributed by atoms with Gasteiger partial charge in [0.25, 0.3) is 0 Å². The molecule has 2 N–H and O–H groups in total. The van der Waals surface area contributed by atoms with Crippen LogP contribution in [0.4, 0.5) is 0 Å². The van der Waals surface area contributed by atoms with Gasteiger partial charge in [-0.3, -0.25) is 0 Å². The van der Waals surface area contributed by atoms with Crippen molar-refractivity contribution in [3.05, 3.63) is 0 Å². The minimum atomic E-state index is -0.534. The van der Waals surface area contributed by atoms with Crippen LogP contribution in [0.1, 0.15) is 34.1 Å². The number of rotatable bonds is 6. The lowest BCUT2D eigenvalue weighted by atomic mass is 9.87. The lowest BCUT2D eigenvalue weighted by Crippen LogP contribution is -2.58.